The summed E-state index contributed by atoms with van der Waals surface area (Å²) in [6.07, 6.45) is 1.68. The summed E-state index contributed by atoms with van der Waals surface area (Å²) in [5.41, 5.74) is 3.03. The lowest BCUT2D eigenvalue weighted by molar-refractivity contribution is 0.0600. The lowest BCUT2D eigenvalue weighted by Gasteiger charge is -2.07. The van der Waals surface area contributed by atoms with E-state index in [0.717, 1.165) is 16.7 Å². The van der Waals surface area contributed by atoms with Crippen LogP contribution in [0.3, 0.4) is 0 Å². The van der Waals surface area contributed by atoms with Crippen molar-refractivity contribution < 1.29 is 14.3 Å². The van der Waals surface area contributed by atoms with E-state index in [1.54, 1.807) is 24.4 Å². The maximum absolute atomic E-state index is 11.5. The van der Waals surface area contributed by atoms with Gasteiger partial charge in [-0.1, -0.05) is 35.9 Å². The maximum atomic E-state index is 11.5. The Morgan fingerprint density at radius 2 is 1.85 bits per heavy atom. The number of nitrogens with one attached hydrogen (secondary N) is 1. The number of carbonyl (C=O) groups excluding carboxylic acids is 1. The molecule has 1 N–H and O–H groups in total. The molecule has 0 unspecified atom stereocenters. The van der Waals surface area contributed by atoms with Crippen LogP contribution in [0.5, 0.6) is 5.75 Å². The van der Waals surface area contributed by atoms with Crippen molar-refractivity contribution in [3.63, 3.8) is 0 Å². The Balaban J connectivity index is 1.42. The number of aromatic amines is 1. The largest absolute Gasteiger partial charge is 0.489 e. The molecule has 1 heterocycles. The number of hydrogen-bond donors (Lipinski definition) is 1. The molecule has 0 saturated heterocycles. The van der Waals surface area contributed by atoms with Crippen LogP contribution in [0.25, 0.3) is 11.4 Å². The molecule has 0 aliphatic rings. The van der Waals surface area contributed by atoms with Gasteiger partial charge in [0.05, 0.1) is 23.9 Å². The van der Waals surface area contributed by atoms with Crippen molar-refractivity contribution in [2.75, 3.05) is 7.11 Å². The molecule has 3 aromatic carbocycles. The first-order chi connectivity index (χ1) is 16.0. The number of aromatic nitrogens is 3. The Labute approximate surface area is 200 Å². The molecule has 9 heteroatoms. The van der Waals surface area contributed by atoms with Crippen molar-refractivity contribution in [3.05, 3.63) is 99.3 Å². The second kappa shape index (κ2) is 10.2. The van der Waals surface area contributed by atoms with Gasteiger partial charge < -0.3 is 9.47 Å². The van der Waals surface area contributed by atoms with E-state index in [9.17, 15) is 4.79 Å². The smallest absolute Gasteiger partial charge is 0.337 e. The third-order valence-electron chi connectivity index (χ3n) is 4.75. The Kier molecular flexibility index (Phi) is 6.97. The van der Waals surface area contributed by atoms with Crippen LogP contribution in [-0.4, -0.2) is 34.2 Å². The number of ether oxygens (including phenoxy) is 2. The Bertz CT molecular complexity index is 1350. The molecule has 1 aromatic heterocycles. The van der Waals surface area contributed by atoms with Gasteiger partial charge in [-0.25, -0.2) is 9.89 Å². The van der Waals surface area contributed by atoms with Crippen LogP contribution < -0.4 is 4.74 Å². The summed E-state index contributed by atoms with van der Waals surface area (Å²) >= 11 is 11.6. The van der Waals surface area contributed by atoms with Crippen LogP contribution in [0.2, 0.25) is 5.02 Å². The minimum absolute atomic E-state index is 0.361. The van der Waals surface area contributed by atoms with E-state index in [0.29, 0.717) is 33.5 Å². The highest BCUT2D eigenvalue weighted by molar-refractivity contribution is 7.71. The van der Waals surface area contributed by atoms with E-state index in [4.69, 9.17) is 33.3 Å². The number of rotatable bonds is 7. The van der Waals surface area contributed by atoms with Gasteiger partial charge in [0.1, 0.15) is 12.4 Å². The van der Waals surface area contributed by atoms with Crippen LogP contribution in [0.4, 0.5) is 0 Å². The maximum Gasteiger partial charge on any atom is 0.337 e. The normalized spacial score (nSPS) is 11.0. The Morgan fingerprint density at radius 1 is 1.12 bits per heavy atom. The molecular weight excluding hydrogens is 460 g/mol. The van der Waals surface area contributed by atoms with E-state index >= 15 is 0 Å². The third-order valence-corrected chi connectivity index (χ3v) is 5.34. The number of nitrogens with zero attached hydrogens (tertiary/aromatic N) is 3. The molecule has 33 heavy (non-hydrogen) atoms. The van der Waals surface area contributed by atoms with E-state index < -0.39 is 0 Å². The topological polar surface area (TPSA) is 81.5 Å². The first-order valence-electron chi connectivity index (χ1n) is 9.92. The molecule has 0 fully saturated rings. The molecule has 0 spiro atoms. The summed E-state index contributed by atoms with van der Waals surface area (Å²) in [7, 11) is 1.36. The molecule has 0 atom stereocenters. The molecule has 0 amide bonds. The number of methoxy groups -OCH3 is 1. The molecular formula is C24H19ClN4O3S. The van der Waals surface area contributed by atoms with Crippen molar-refractivity contribution >= 4 is 36.0 Å². The highest BCUT2D eigenvalue weighted by Gasteiger charge is 2.11. The summed E-state index contributed by atoms with van der Waals surface area (Å²) in [5, 5.41) is 12.0. The van der Waals surface area contributed by atoms with E-state index in [-0.39, 0.29) is 5.97 Å². The molecule has 0 aliphatic carbocycles. The van der Waals surface area contributed by atoms with Gasteiger partial charge in [-0.3, -0.25) is 0 Å². The first kappa shape index (κ1) is 22.4. The lowest BCUT2D eigenvalue weighted by atomic mass is 10.1. The summed E-state index contributed by atoms with van der Waals surface area (Å²) in [5.74, 6) is 0.872. The van der Waals surface area contributed by atoms with Crippen molar-refractivity contribution in [1.29, 1.82) is 0 Å². The fourth-order valence-electron chi connectivity index (χ4n) is 3.01. The predicted octanol–water partition coefficient (Wildman–Crippen LogP) is 5.51. The number of esters is 1. The van der Waals surface area contributed by atoms with Gasteiger partial charge in [-0.15, -0.1) is 0 Å². The summed E-state index contributed by atoms with van der Waals surface area (Å²) in [6.45, 7) is 0.375. The monoisotopic (exact) mass is 478 g/mol. The van der Waals surface area contributed by atoms with Gasteiger partial charge in [-0.05, 0) is 71.9 Å². The van der Waals surface area contributed by atoms with E-state index in [1.165, 1.54) is 11.8 Å². The van der Waals surface area contributed by atoms with Crippen molar-refractivity contribution in [2.24, 2.45) is 5.10 Å². The van der Waals surface area contributed by atoms with Gasteiger partial charge in [0.25, 0.3) is 0 Å². The number of H-pyrrole nitrogens is 1. The molecule has 4 aromatic rings. The van der Waals surface area contributed by atoms with Crippen molar-refractivity contribution in [1.82, 2.24) is 14.9 Å². The zero-order chi connectivity index (χ0) is 23.2. The summed E-state index contributed by atoms with van der Waals surface area (Å²) < 4.78 is 12.4. The Hall–Kier alpha value is -3.75. The average molecular weight is 479 g/mol. The van der Waals surface area contributed by atoms with Gasteiger partial charge in [0, 0.05) is 5.56 Å². The number of hydrogen-bond acceptors (Lipinski definition) is 6. The van der Waals surface area contributed by atoms with Gasteiger partial charge in [0.15, 0.2) is 5.82 Å². The quantitative estimate of drug-likeness (QED) is 0.215. The van der Waals surface area contributed by atoms with Gasteiger partial charge in [-0.2, -0.15) is 14.9 Å². The third kappa shape index (κ3) is 5.36. The van der Waals surface area contributed by atoms with E-state index in [2.05, 4.69) is 15.3 Å². The molecule has 0 saturated carbocycles. The fourth-order valence-corrected chi connectivity index (χ4v) is 3.41. The number of halogens is 1. The molecule has 0 radical (unpaired) electrons. The molecule has 7 nitrogen and oxygen atoms in total. The van der Waals surface area contributed by atoms with Gasteiger partial charge >= 0.3 is 5.97 Å². The lowest BCUT2D eigenvalue weighted by Crippen LogP contribution is -2.02. The molecule has 0 aliphatic heterocycles. The van der Waals surface area contributed by atoms with Crippen LogP contribution in [0, 0.1) is 4.77 Å². The molecule has 166 valence electrons. The van der Waals surface area contributed by atoms with Crippen LogP contribution >= 0.6 is 23.8 Å². The average Bonchev–Trinajstić information content (AvgIpc) is 3.22. The fraction of sp³-hybridized carbons (Fsp3) is 0.0833. The molecule has 0 bridgehead atoms. The van der Waals surface area contributed by atoms with E-state index in [1.807, 2.05) is 54.6 Å². The standard InChI is InChI=1S/C24H19ClN4O3S/c1-31-23(30)18-10-6-17(7-11-18)15-32-19-12-8-16(9-13-19)14-26-29-22(27-28-24(29)33)20-4-2-3-5-21(20)25/h2-14H,15H2,1H3,(H,28,33). The van der Waals surface area contributed by atoms with Crippen LogP contribution in [0.1, 0.15) is 21.5 Å². The van der Waals surface area contributed by atoms with Crippen molar-refractivity contribution in [3.8, 4) is 17.1 Å². The highest BCUT2D eigenvalue weighted by Crippen LogP contribution is 2.26. The number of carbonyl (C=O) groups is 1. The minimum atomic E-state index is -0.365. The Morgan fingerprint density at radius 3 is 2.55 bits per heavy atom. The predicted molar refractivity (Wildman–Crippen MR) is 129 cm³/mol. The SMILES string of the molecule is COC(=O)c1ccc(COc2ccc(C=Nn3c(-c4ccccc4Cl)n[nH]c3=S)cc2)cc1. The molecule has 4 rings (SSSR count). The summed E-state index contributed by atoms with van der Waals surface area (Å²) in [4.78, 5) is 11.5. The first-order valence-corrected chi connectivity index (χ1v) is 10.7. The summed E-state index contributed by atoms with van der Waals surface area (Å²) in [6, 6.07) is 21.9. The minimum Gasteiger partial charge on any atom is -0.489 e. The van der Waals surface area contributed by atoms with Crippen LogP contribution in [-0.2, 0) is 11.3 Å². The number of benzene rings is 3. The zero-order valence-corrected chi connectivity index (χ0v) is 19.1. The van der Waals surface area contributed by atoms with Crippen LogP contribution in [0.15, 0.2) is 77.9 Å². The van der Waals surface area contributed by atoms with Crippen molar-refractivity contribution in [2.45, 2.75) is 6.61 Å². The second-order valence-electron chi connectivity index (χ2n) is 6.93. The second-order valence-corrected chi connectivity index (χ2v) is 7.73. The zero-order valence-electron chi connectivity index (χ0n) is 17.6. The van der Waals surface area contributed by atoms with Gasteiger partial charge in [0.2, 0.25) is 4.77 Å². The highest BCUT2D eigenvalue weighted by atomic mass is 35.5.